The Morgan fingerprint density at radius 1 is 1.33 bits per heavy atom. The predicted molar refractivity (Wildman–Crippen MR) is 64.6 cm³/mol. The molecule has 0 amide bonds. The van der Waals surface area contributed by atoms with Crippen LogP contribution in [0.2, 0.25) is 0 Å². The molecular formula is C12H23F3N2O. The highest BCUT2D eigenvalue weighted by Gasteiger charge is 2.37. The summed E-state index contributed by atoms with van der Waals surface area (Å²) >= 11 is 0. The first-order valence-corrected chi connectivity index (χ1v) is 6.59. The van der Waals surface area contributed by atoms with Crippen molar-refractivity contribution in [3.05, 3.63) is 0 Å². The zero-order valence-corrected chi connectivity index (χ0v) is 11.1. The Hall–Kier alpha value is -0.330. The van der Waals surface area contributed by atoms with Crippen molar-refractivity contribution in [2.75, 3.05) is 32.8 Å². The summed E-state index contributed by atoms with van der Waals surface area (Å²) in [4.78, 5) is 1.51. The van der Waals surface area contributed by atoms with E-state index in [0.29, 0.717) is 26.2 Å². The highest BCUT2D eigenvalue weighted by atomic mass is 19.4. The number of halogens is 3. The Labute approximate surface area is 107 Å². The molecule has 0 saturated carbocycles. The van der Waals surface area contributed by atoms with E-state index in [-0.39, 0.29) is 12.1 Å². The van der Waals surface area contributed by atoms with Gasteiger partial charge in [-0.15, -0.1) is 0 Å². The minimum Gasteiger partial charge on any atom is -0.380 e. The summed E-state index contributed by atoms with van der Waals surface area (Å²) < 4.78 is 43.1. The van der Waals surface area contributed by atoms with Crippen LogP contribution in [0.25, 0.3) is 0 Å². The van der Waals surface area contributed by atoms with Gasteiger partial charge in [0.15, 0.2) is 0 Å². The van der Waals surface area contributed by atoms with Crippen LogP contribution in [0, 0.1) is 0 Å². The van der Waals surface area contributed by atoms with E-state index in [1.54, 1.807) is 0 Å². The third-order valence-electron chi connectivity index (χ3n) is 3.15. The molecule has 0 aromatic carbocycles. The van der Waals surface area contributed by atoms with Crippen LogP contribution in [0.5, 0.6) is 0 Å². The average molecular weight is 268 g/mol. The molecule has 2 atom stereocenters. The van der Waals surface area contributed by atoms with Crippen LogP contribution in [0.15, 0.2) is 0 Å². The summed E-state index contributed by atoms with van der Waals surface area (Å²) in [6, 6.07) is -0.0853. The van der Waals surface area contributed by atoms with E-state index >= 15 is 0 Å². The summed E-state index contributed by atoms with van der Waals surface area (Å²) in [6.45, 7) is 5.25. The average Bonchev–Trinajstić information content (AvgIpc) is 2.28. The van der Waals surface area contributed by atoms with Gasteiger partial charge in [-0.1, -0.05) is 13.8 Å². The van der Waals surface area contributed by atoms with Crippen LogP contribution >= 0.6 is 0 Å². The maximum atomic E-state index is 12.6. The largest absolute Gasteiger partial charge is 0.401 e. The zero-order valence-electron chi connectivity index (χ0n) is 11.1. The first-order chi connectivity index (χ1) is 8.48. The van der Waals surface area contributed by atoms with Gasteiger partial charge < -0.3 is 10.1 Å². The molecule has 18 heavy (non-hydrogen) atoms. The van der Waals surface area contributed by atoms with Crippen molar-refractivity contribution >= 4 is 0 Å². The molecule has 6 heteroatoms. The van der Waals surface area contributed by atoms with Crippen LogP contribution in [0.4, 0.5) is 13.2 Å². The minimum absolute atomic E-state index is 0.0950. The van der Waals surface area contributed by atoms with Crippen molar-refractivity contribution in [3.8, 4) is 0 Å². The molecule has 1 aliphatic heterocycles. The van der Waals surface area contributed by atoms with E-state index in [2.05, 4.69) is 5.32 Å². The van der Waals surface area contributed by atoms with Gasteiger partial charge in [-0.05, 0) is 25.9 Å². The molecule has 1 fully saturated rings. The van der Waals surface area contributed by atoms with Gasteiger partial charge >= 0.3 is 6.18 Å². The topological polar surface area (TPSA) is 24.5 Å². The number of hydrogen-bond acceptors (Lipinski definition) is 3. The van der Waals surface area contributed by atoms with Crippen LogP contribution in [-0.4, -0.2) is 56.0 Å². The molecule has 0 aromatic rings. The van der Waals surface area contributed by atoms with Crippen LogP contribution < -0.4 is 5.32 Å². The van der Waals surface area contributed by atoms with Gasteiger partial charge in [-0.25, -0.2) is 0 Å². The van der Waals surface area contributed by atoms with Crippen molar-refractivity contribution in [2.45, 2.75) is 44.9 Å². The predicted octanol–water partition coefficient (Wildman–Crippen LogP) is 2.03. The summed E-state index contributed by atoms with van der Waals surface area (Å²) in [5, 5.41) is 3.27. The molecule has 0 bridgehead atoms. The van der Waals surface area contributed by atoms with E-state index in [1.165, 1.54) is 4.90 Å². The molecule has 1 saturated heterocycles. The van der Waals surface area contributed by atoms with Crippen molar-refractivity contribution < 1.29 is 17.9 Å². The summed E-state index contributed by atoms with van der Waals surface area (Å²) in [7, 11) is 0. The second kappa shape index (κ2) is 7.31. The third-order valence-corrected chi connectivity index (χ3v) is 3.15. The summed E-state index contributed by atoms with van der Waals surface area (Å²) in [6.07, 6.45) is -2.66. The highest BCUT2D eigenvalue weighted by Crippen LogP contribution is 2.22. The fourth-order valence-electron chi connectivity index (χ4n) is 2.46. The number of rotatable bonds is 6. The Morgan fingerprint density at radius 2 is 2.06 bits per heavy atom. The SMILES string of the molecule is CCCN(CC(F)(F)F)C1COCCC1NCC. The summed E-state index contributed by atoms with van der Waals surface area (Å²) in [5.74, 6) is 0. The van der Waals surface area contributed by atoms with Crippen LogP contribution in [-0.2, 0) is 4.74 Å². The second-order valence-corrected chi connectivity index (χ2v) is 4.68. The van der Waals surface area contributed by atoms with Crippen molar-refractivity contribution in [3.63, 3.8) is 0 Å². The Bertz CT molecular complexity index is 234. The zero-order chi connectivity index (χ0) is 13.6. The normalized spacial score (nSPS) is 25.7. The van der Waals surface area contributed by atoms with Gasteiger partial charge in [0, 0.05) is 18.7 Å². The van der Waals surface area contributed by atoms with E-state index in [4.69, 9.17) is 4.74 Å². The van der Waals surface area contributed by atoms with Gasteiger partial charge in [-0.2, -0.15) is 13.2 Å². The number of ether oxygens (including phenoxy) is 1. The van der Waals surface area contributed by atoms with E-state index in [1.807, 2.05) is 13.8 Å². The second-order valence-electron chi connectivity index (χ2n) is 4.68. The van der Waals surface area contributed by atoms with Gasteiger partial charge in [0.25, 0.3) is 0 Å². The van der Waals surface area contributed by atoms with E-state index in [0.717, 1.165) is 13.0 Å². The molecule has 0 radical (unpaired) electrons. The minimum atomic E-state index is -4.15. The summed E-state index contributed by atoms with van der Waals surface area (Å²) in [5.41, 5.74) is 0. The van der Waals surface area contributed by atoms with Crippen molar-refractivity contribution in [1.29, 1.82) is 0 Å². The van der Waals surface area contributed by atoms with Gasteiger partial charge in [0.2, 0.25) is 0 Å². The van der Waals surface area contributed by atoms with Gasteiger partial charge in [0.1, 0.15) is 0 Å². The lowest BCUT2D eigenvalue weighted by Gasteiger charge is -2.40. The fourth-order valence-corrected chi connectivity index (χ4v) is 2.46. The molecule has 1 N–H and O–H groups in total. The number of nitrogens with one attached hydrogen (secondary N) is 1. The molecule has 0 spiro atoms. The lowest BCUT2D eigenvalue weighted by molar-refractivity contribution is -0.158. The van der Waals surface area contributed by atoms with E-state index < -0.39 is 12.7 Å². The molecular weight excluding hydrogens is 245 g/mol. The maximum absolute atomic E-state index is 12.6. The first-order valence-electron chi connectivity index (χ1n) is 6.59. The van der Waals surface area contributed by atoms with Crippen LogP contribution in [0.1, 0.15) is 26.7 Å². The third kappa shape index (κ3) is 5.12. The lowest BCUT2D eigenvalue weighted by atomic mass is 10.0. The smallest absolute Gasteiger partial charge is 0.380 e. The maximum Gasteiger partial charge on any atom is 0.401 e. The Balaban J connectivity index is 2.67. The first kappa shape index (κ1) is 15.7. The molecule has 0 aromatic heterocycles. The van der Waals surface area contributed by atoms with Gasteiger partial charge in [-0.3, -0.25) is 4.90 Å². The molecule has 1 rings (SSSR count). The monoisotopic (exact) mass is 268 g/mol. The quantitative estimate of drug-likeness (QED) is 0.797. The molecule has 1 aliphatic rings. The molecule has 1 heterocycles. The lowest BCUT2D eigenvalue weighted by Crippen LogP contribution is -2.57. The number of alkyl halides is 3. The molecule has 108 valence electrons. The number of hydrogen-bond donors (Lipinski definition) is 1. The standard InChI is InChI=1S/C12H23F3N2O/c1-3-6-17(9-12(13,14)15)11-8-18-7-5-10(11)16-4-2/h10-11,16H,3-9H2,1-2H3. The molecule has 0 aliphatic carbocycles. The number of likely N-dealkylation sites (N-methyl/N-ethyl adjacent to an activating group) is 1. The van der Waals surface area contributed by atoms with E-state index in [9.17, 15) is 13.2 Å². The highest BCUT2D eigenvalue weighted by molar-refractivity contribution is 4.88. The molecule has 2 unspecified atom stereocenters. The fraction of sp³-hybridized carbons (Fsp3) is 1.00. The Kier molecular flexibility index (Phi) is 6.38. The van der Waals surface area contributed by atoms with Crippen molar-refractivity contribution in [2.24, 2.45) is 0 Å². The number of nitrogens with zero attached hydrogens (tertiary/aromatic N) is 1. The van der Waals surface area contributed by atoms with Crippen LogP contribution in [0.3, 0.4) is 0 Å². The van der Waals surface area contributed by atoms with Crippen molar-refractivity contribution in [1.82, 2.24) is 10.2 Å². The Morgan fingerprint density at radius 3 is 2.61 bits per heavy atom. The molecule has 3 nitrogen and oxygen atoms in total. The van der Waals surface area contributed by atoms with Gasteiger partial charge in [0.05, 0.1) is 13.2 Å².